The summed E-state index contributed by atoms with van der Waals surface area (Å²) in [4.78, 5) is 28.2. The number of urea groups is 1. The van der Waals surface area contributed by atoms with Crippen molar-refractivity contribution in [1.29, 1.82) is 0 Å². The maximum absolute atomic E-state index is 12.6. The van der Waals surface area contributed by atoms with E-state index in [0.29, 0.717) is 26.3 Å². The second kappa shape index (κ2) is 6.82. The van der Waals surface area contributed by atoms with Crippen molar-refractivity contribution < 1.29 is 14.3 Å². The Morgan fingerprint density at radius 3 is 2.60 bits per heavy atom. The Bertz CT molecular complexity index is 801. The second-order valence-corrected chi connectivity index (χ2v) is 6.53. The van der Waals surface area contributed by atoms with E-state index in [4.69, 9.17) is 4.74 Å². The molecule has 1 unspecified atom stereocenters. The monoisotopic (exact) mass is 339 g/mol. The van der Waals surface area contributed by atoms with Gasteiger partial charge < -0.3 is 10.1 Å². The molecular weight excluding hydrogens is 318 g/mol. The van der Waals surface area contributed by atoms with E-state index in [1.165, 1.54) is 10.3 Å². The Morgan fingerprint density at radius 1 is 1.04 bits per heavy atom. The number of carbonyl (C=O) groups is 2. The van der Waals surface area contributed by atoms with Crippen molar-refractivity contribution in [2.24, 2.45) is 0 Å². The molecule has 2 aromatic carbocycles. The van der Waals surface area contributed by atoms with Crippen LogP contribution in [0.5, 0.6) is 0 Å². The van der Waals surface area contributed by atoms with Gasteiger partial charge in [-0.1, -0.05) is 42.5 Å². The summed E-state index contributed by atoms with van der Waals surface area (Å²) < 4.78 is 5.31. The van der Waals surface area contributed by atoms with E-state index in [1.54, 1.807) is 0 Å². The van der Waals surface area contributed by atoms with Crippen LogP contribution in [-0.2, 0) is 16.0 Å². The Hall–Kier alpha value is -2.44. The Labute approximate surface area is 146 Å². The molecule has 0 saturated carbocycles. The Kier molecular flexibility index (Phi) is 4.38. The van der Waals surface area contributed by atoms with E-state index in [-0.39, 0.29) is 11.9 Å². The molecule has 1 N–H and O–H groups in total. The predicted molar refractivity (Wildman–Crippen MR) is 94.1 cm³/mol. The van der Waals surface area contributed by atoms with Crippen molar-refractivity contribution in [2.75, 3.05) is 33.0 Å². The number of carbonyl (C=O) groups excluding carboxylic acids is 2. The molecule has 6 heteroatoms. The zero-order valence-electron chi connectivity index (χ0n) is 14.0. The molecule has 0 aliphatic carbocycles. The van der Waals surface area contributed by atoms with Gasteiger partial charge in [0.1, 0.15) is 6.04 Å². The van der Waals surface area contributed by atoms with Gasteiger partial charge in [0.2, 0.25) is 0 Å². The van der Waals surface area contributed by atoms with Gasteiger partial charge in [-0.2, -0.15) is 0 Å². The van der Waals surface area contributed by atoms with Crippen molar-refractivity contribution in [2.45, 2.75) is 12.5 Å². The molecule has 0 spiro atoms. The van der Waals surface area contributed by atoms with Crippen LogP contribution in [0.25, 0.3) is 10.8 Å². The molecule has 0 bridgehead atoms. The Morgan fingerprint density at radius 2 is 1.80 bits per heavy atom. The highest BCUT2D eigenvalue weighted by Crippen LogP contribution is 2.19. The number of amides is 3. The lowest BCUT2D eigenvalue weighted by Gasteiger charge is -2.29. The maximum atomic E-state index is 12.6. The van der Waals surface area contributed by atoms with Crippen LogP contribution in [-0.4, -0.2) is 60.8 Å². The number of imide groups is 1. The summed E-state index contributed by atoms with van der Waals surface area (Å²) in [6.07, 6.45) is 0.509. The molecule has 2 saturated heterocycles. The van der Waals surface area contributed by atoms with Gasteiger partial charge >= 0.3 is 6.03 Å². The van der Waals surface area contributed by atoms with Gasteiger partial charge in [-0.3, -0.25) is 9.69 Å². The first-order valence-corrected chi connectivity index (χ1v) is 8.60. The number of benzene rings is 2. The van der Waals surface area contributed by atoms with E-state index < -0.39 is 6.04 Å². The first-order chi connectivity index (χ1) is 12.2. The normalized spacial score (nSPS) is 21.8. The standard InChI is InChI=1S/C19H21N3O3/c23-18-17(12-14-5-6-15-3-1-2-4-16(15)11-14)20-19(24)22(18)13-21-7-9-25-10-8-21/h1-6,11,17H,7-10,12-13H2,(H,20,24). The molecule has 0 radical (unpaired) electrons. The minimum absolute atomic E-state index is 0.148. The number of fused-ring (bicyclic) bond motifs is 1. The van der Waals surface area contributed by atoms with Crippen LogP contribution in [0.15, 0.2) is 42.5 Å². The number of rotatable bonds is 4. The number of hydrogen-bond acceptors (Lipinski definition) is 4. The lowest BCUT2D eigenvalue weighted by atomic mass is 10.0. The van der Waals surface area contributed by atoms with E-state index in [0.717, 1.165) is 24.0 Å². The molecule has 2 aliphatic rings. The van der Waals surface area contributed by atoms with Crippen molar-refractivity contribution >= 4 is 22.7 Å². The average molecular weight is 339 g/mol. The van der Waals surface area contributed by atoms with E-state index in [1.807, 2.05) is 18.2 Å². The zero-order chi connectivity index (χ0) is 17.2. The third-order valence-corrected chi connectivity index (χ3v) is 4.81. The van der Waals surface area contributed by atoms with Gasteiger partial charge in [0.05, 0.1) is 19.9 Å². The first kappa shape index (κ1) is 16.1. The molecule has 25 heavy (non-hydrogen) atoms. The minimum atomic E-state index is -0.491. The maximum Gasteiger partial charge on any atom is 0.325 e. The quantitative estimate of drug-likeness (QED) is 0.860. The fraction of sp³-hybridized carbons (Fsp3) is 0.368. The van der Waals surface area contributed by atoms with Crippen molar-refractivity contribution in [1.82, 2.24) is 15.1 Å². The summed E-state index contributed by atoms with van der Waals surface area (Å²) in [7, 11) is 0. The van der Waals surface area contributed by atoms with Gasteiger partial charge in [-0.15, -0.1) is 0 Å². The van der Waals surface area contributed by atoms with Gasteiger partial charge in [0.25, 0.3) is 5.91 Å². The van der Waals surface area contributed by atoms with Gasteiger partial charge in [0.15, 0.2) is 0 Å². The highest BCUT2D eigenvalue weighted by molar-refractivity contribution is 6.04. The predicted octanol–water partition coefficient (Wildman–Crippen LogP) is 1.59. The van der Waals surface area contributed by atoms with Crippen LogP contribution in [0.2, 0.25) is 0 Å². The van der Waals surface area contributed by atoms with Crippen LogP contribution in [0, 0.1) is 0 Å². The number of nitrogens with one attached hydrogen (secondary N) is 1. The van der Waals surface area contributed by atoms with Gasteiger partial charge in [-0.25, -0.2) is 9.69 Å². The summed E-state index contributed by atoms with van der Waals surface area (Å²) in [6, 6.07) is 13.5. The number of hydrogen-bond donors (Lipinski definition) is 1. The third-order valence-electron chi connectivity index (χ3n) is 4.81. The van der Waals surface area contributed by atoms with E-state index in [2.05, 4.69) is 34.5 Å². The largest absolute Gasteiger partial charge is 0.379 e. The first-order valence-electron chi connectivity index (χ1n) is 8.60. The van der Waals surface area contributed by atoms with Crippen LogP contribution in [0.3, 0.4) is 0 Å². The molecule has 3 amide bonds. The molecule has 0 aromatic heterocycles. The smallest absolute Gasteiger partial charge is 0.325 e. The van der Waals surface area contributed by atoms with Crippen LogP contribution >= 0.6 is 0 Å². The molecular formula is C19H21N3O3. The molecule has 2 fully saturated rings. The summed E-state index contributed by atoms with van der Waals surface area (Å²) >= 11 is 0. The highest BCUT2D eigenvalue weighted by Gasteiger charge is 2.38. The highest BCUT2D eigenvalue weighted by atomic mass is 16.5. The molecule has 2 heterocycles. The fourth-order valence-electron chi connectivity index (χ4n) is 3.39. The van der Waals surface area contributed by atoms with Crippen LogP contribution < -0.4 is 5.32 Å². The number of nitrogens with zero attached hydrogens (tertiary/aromatic N) is 2. The topological polar surface area (TPSA) is 61.9 Å². The second-order valence-electron chi connectivity index (χ2n) is 6.53. The Balaban J connectivity index is 1.45. The summed E-state index contributed by atoms with van der Waals surface area (Å²) in [5, 5.41) is 5.13. The molecule has 130 valence electrons. The van der Waals surface area contributed by atoms with E-state index >= 15 is 0 Å². The van der Waals surface area contributed by atoms with Crippen LogP contribution in [0.1, 0.15) is 5.56 Å². The number of morpholine rings is 1. The molecule has 2 aliphatic heterocycles. The van der Waals surface area contributed by atoms with Crippen molar-refractivity contribution in [3.8, 4) is 0 Å². The lowest BCUT2D eigenvalue weighted by molar-refractivity contribution is -0.129. The summed E-state index contributed by atoms with van der Waals surface area (Å²) in [6.45, 7) is 3.11. The molecule has 4 rings (SSSR count). The van der Waals surface area contributed by atoms with Gasteiger partial charge in [-0.05, 0) is 16.3 Å². The molecule has 6 nitrogen and oxygen atoms in total. The lowest BCUT2D eigenvalue weighted by Crippen LogP contribution is -2.46. The molecule has 1 atom stereocenters. The van der Waals surface area contributed by atoms with E-state index in [9.17, 15) is 9.59 Å². The molecule has 2 aromatic rings. The van der Waals surface area contributed by atoms with Crippen molar-refractivity contribution in [3.63, 3.8) is 0 Å². The average Bonchev–Trinajstić information content (AvgIpc) is 2.90. The SMILES string of the molecule is O=C1NC(Cc2ccc3ccccc3c2)C(=O)N1CN1CCOCC1. The van der Waals surface area contributed by atoms with Crippen molar-refractivity contribution in [3.05, 3.63) is 48.0 Å². The number of ether oxygens (including phenoxy) is 1. The minimum Gasteiger partial charge on any atom is -0.379 e. The summed E-state index contributed by atoms with van der Waals surface area (Å²) in [5.74, 6) is -0.148. The fourth-order valence-corrected chi connectivity index (χ4v) is 3.39. The third kappa shape index (κ3) is 3.36. The van der Waals surface area contributed by atoms with Crippen LogP contribution in [0.4, 0.5) is 4.79 Å². The zero-order valence-corrected chi connectivity index (χ0v) is 14.0. The summed E-state index contributed by atoms with van der Waals surface area (Å²) in [5.41, 5.74) is 1.05. The van der Waals surface area contributed by atoms with Gasteiger partial charge in [0, 0.05) is 19.5 Å².